The number of aryl methyl sites for hydroxylation is 1. The Hall–Kier alpha value is -3.24. The Bertz CT molecular complexity index is 1180. The molecule has 0 N–H and O–H groups in total. The largest absolute Gasteiger partial charge is 0.472 e. The van der Waals surface area contributed by atoms with Gasteiger partial charge in [0.15, 0.2) is 5.82 Å². The van der Waals surface area contributed by atoms with E-state index in [-0.39, 0.29) is 41.5 Å². The lowest BCUT2D eigenvalue weighted by atomic mass is 9.93. The number of hydrogen-bond donors (Lipinski definition) is 0. The van der Waals surface area contributed by atoms with Crippen LogP contribution in [-0.4, -0.2) is 54.6 Å². The molecular formula is C21H21F3N6O2. The van der Waals surface area contributed by atoms with Gasteiger partial charge in [-0.1, -0.05) is 0 Å². The number of ether oxygens (including phenoxy) is 1. The van der Waals surface area contributed by atoms with Crippen LogP contribution in [0.5, 0.6) is 5.88 Å². The summed E-state index contributed by atoms with van der Waals surface area (Å²) in [4.78, 5) is 26.6. The maximum Gasteiger partial charge on any atom is 0.280 e. The molecule has 1 amide bonds. The van der Waals surface area contributed by atoms with Gasteiger partial charge in [-0.25, -0.2) is 27.7 Å². The van der Waals surface area contributed by atoms with Gasteiger partial charge in [0.25, 0.3) is 24.0 Å². The standard InChI is InChI=1S/C21H21F3N6O2/c1-11-7-14(17(22)19(27-11)32-13-4-5-13)20(31)29-6-2-3-12(9-29)16-8-15(18(23)24)28-21-25-10-26-30(16)21/h7-8,10,12-13,18H,2-6,9H2,1H3. The van der Waals surface area contributed by atoms with E-state index in [2.05, 4.69) is 20.1 Å². The van der Waals surface area contributed by atoms with Crippen LogP contribution in [-0.2, 0) is 0 Å². The van der Waals surface area contributed by atoms with Crippen LogP contribution in [0, 0.1) is 12.7 Å². The smallest absolute Gasteiger partial charge is 0.280 e. The third-order valence-corrected chi connectivity index (χ3v) is 5.74. The second-order valence-corrected chi connectivity index (χ2v) is 8.22. The highest BCUT2D eigenvalue weighted by Gasteiger charge is 2.32. The summed E-state index contributed by atoms with van der Waals surface area (Å²) in [5.74, 6) is -1.58. The highest BCUT2D eigenvalue weighted by atomic mass is 19.3. The lowest BCUT2D eigenvalue weighted by Crippen LogP contribution is -2.40. The molecule has 2 aliphatic rings. The fraction of sp³-hybridized carbons (Fsp3) is 0.476. The quantitative estimate of drug-likeness (QED) is 0.597. The molecule has 3 aromatic rings. The zero-order chi connectivity index (χ0) is 22.4. The Morgan fingerprint density at radius 1 is 1.22 bits per heavy atom. The molecule has 0 aromatic carbocycles. The van der Waals surface area contributed by atoms with Crippen LogP contribution < -0.4 is 4.74 Å². The monoisotopic (exact) mass is 446 g/mol. The average Bonchev–Trinajstić information content (AvgIpc) is 3.47. The Kier molecular flexibility index (Phi) is 5.18. The van der Waals surface area contributed by atoms with E-state index in [4.69, 9.17) is 4.74 Å². The van der Waals surface area contributed by atoms with E-state index in [1.54, 1.807) is 6.92 Å². The summed E-state index contributed by atoms with van der Waals surface area (Å²) in [6, 6.07) is 2.72. The minimum atomic E-state index is -2.75. The summed E-state index contributed by atoms with van der Waals surface area (Å²) in [5.41, 5.74) is 0.507. The number of likely N-dealkylation sites (tertiary alicyclic amines) is 1. The van der Waals surface area contributed by atoms with Gasteiger partial charge in [0.05, 0.1) is 11.3 Å². The van der Waals surface area contributed by atoms with Gasteiger partial charge in [-0.05, 0) is 44.7 Å². The van der Waals surface area contributed by atoms with E-state index in [9.17, 15) is 13.6 Å². The number of hydrogen-bond acceptors (Lipinski definition) is 6. The first kappa shape index (κ1) is 20.7. The lowest BCUT2D eigenvalue weighted by Gasteiger charge is -2.33. The van der Waals surface area contributed by atoms with Crippen LogP contribution in [0.1, 0.15) is 65.5 Å². The molecule has 1 aliphatic carbocycles. The number of nitrogens with zero attached hydrogens (tertiary/aromatic N) is 6. The molecule has 1 unspecified atom stereocenters. The molecule has 1 saturated heterocycles. The highest BCUT2D eigenvalue weighted by Crippen LogP contribution is 2.32. The lowest BCUT2D eigenvalue weighted by molar-refractivity contribution is 0.0698. The number of piperidine rings is 1. The van der Waals surface area contributed by atoms with Crippen LogP contribution >= 0.6 is 0 Å². The Morgan fingerprint density at radius 3 is 2.78 bits per heavy atom. The molecule has 1 aliphatic heterocycles. The summed E-state index contributed by atoms with van der Waals surface area (Å²) in [6.07, 6.45) is 1.43. The van der Waals surface area contributed by atoms with Crippen molar-refractivity contribution in [3.63, 3.8) is 0 Å². The Balaban J connectivity index is 1.44. The van der Waals surface area contributed by atoms with Gasteiger partial charge in [0, 0.05) is 24.7 Å². The van der Waals surface area contributed by atoms with Crippen LogP contribution in [0.3, 0.4) is 0 Å². The van der Waals surface area contributed by atoms with Crippen LogP contribution in [0.2, 0.25) is 0 Å². The molecule has 8 nitrogen and oxygen atoms in total. The third kappa shape index (κ3) is 3.87. The van der Waals surface area contributed by atoms with Gasteiger partial charge >= 0.3 is 0 Å². The summed E-state index contributed by atoms with van der Waals surface area (Å²) in [7, 11) is 0. The van der Waals surface area contributed by atoms with Gasteiger partial charge in [-0.15, -0.1) is 0 Å². The first-order chi connectivity index (χ1) is 15.4. The summed E-state index contributed by atoms with van der Waals surface area (Å²) >= 11 is 0. The molecule has 5 rings (SSSR count). The maximum atomic E-state index is 15.0. The van der Waals surface area contributed by atoms with Crippen molar-refractivity contribution < 1.29 is 22.7 Å². The molecule has 0 spiro atoms. The number of rotatable bonds is 5. The first-order valence-electron chi connectivity index (χ1n) is 10.5. The van der Waals surface area contributed by atoms with E-state index >= 15 is 4.39 Å². The number of alkyl halides is 2. The van der Waals surface area contributed by atoms with Crippen LogP contribution in [0.25, 0.3) is 5.78 Å². The second kappa shape index (κ2) is 8.03. The molecule has 3 aromatic heterocycles. The van der Waals surface area contributed by atoms with Crippen molar-refractivity contribution >= 4 is 11.7 Å². The number of carbonyl (C=O) groups is 1. The van der Waals surface area contributed by atoms with E-state index in [1.165, 1.54) is 27.9 Å². The summed E-state index contributed by atoms with van der Waals surface area (Å²) in [6.45, 7) is 2.35. The summed E-state index contributed by atoms with van der Waals surface area (Å²) < 4.78 is 48.7. The molecule has 4 heterocycles. The third-order valence-electron chi connectivity index (χ3n) is 5.74. The van der Waals surface area contributed by atoms with E-state index < -0.39 is 18.1 Å². The van der Waals surface area contributed by atoms with Crippen molar-refractivity contribution in [2.45, 2.75) is 51.1 Å². The number of halogens is 3. The Labute approximate surface area is 181 Å². The molecule has 1 atom stereocenters. The van der Waals surface area contributed by atoms with E-state index in [0.29, 0.717) is 30.8 Å². The number of amides is 1. The highest BCUT2D eigenvalue weighted by molar-refractivity contribution is 5.95. The predicted octanol–water partition coefficient (Wildman–Crippen LogP) is 3.47. The molecule has 32 heavy (non-hydrogen) atoms. The maximum absolute atomic E-state index is 15.0. The number of pyridine rings is 1. The average molecular weight is 446 g/mol. The van der Waals surface area contributed by atoms with Crippen molar-refractivity contribution in [3.05, 3.63) is 46.9 Å². The minimum Gasteiger partial charge on any atom is -0.472 e. The predicted molar refractivity (Wildman–Crippen MR) is 106 cm³/mol. The number of fused-ring (bicyclic) bond motifs is 1. The van der Waals surface area contributed by atoms with Crippen molar-refractivity contribution in [3.8, 4) is 5.88 Å². The topological polar surface area (TPSA) is 85.5 Å². The number of aromatic nitrogens is 5. The van der Waals surface area contributed by atoms with Gasteiger partial charge in [-0.3, -0.25) is 4.79 Å². The molecule has 0 radical (unpaired) electrons. The zero-order valence-corrected chi connectivity index (χ0v) is 17.3. The van der Waals surface area contributed by atoms with Gasteiger partial charge in [0.2, 0.25) is 0 Å². The van der Waals surface area contributed by atoms with Crippen molar-refractivity contribution in [2.24, 2.45) is 0 Å². The first-order valence-corrected chi connectivity index (χ1v) is 10.5. The fourth-order valence-corrected chi connectivity index (χ4v) is 4.04. The Morgan fingerprint density at radius 2 is 2.03 bits per heavy atom. The van der Waals surface area contributed by atoms with Crippen LogP contribution in [0.4, 0.5) is 13.2 Å². The minimum absolute atomic E-state index is 0.0538. The van der Waals surface area contributed by atoms with Gasteiger partial charge in [-0.2, -0.15) is 10.1 Å². The molecule has 11 heteroatoms. The van der Waals surface area contributed by atoms with E-state index in [0.717, 1.165) is 12.8 Å². The molecular weight excluding hydrogens is 425 g/mol. The van der Waals surface area contributed by atoms with Gasteiger partial charge in [0.1, 0.15) is 18.1 Å². The van der Waals surface area contributed by atoms with Crippen molar-refractivity contribution in [1.82, 2.24) is 29.5 Å². The van der Waals surface area contributed by atoms with E-state index in [1.807, 2.05) is 0 Å². The van der Waals surface area contributed by atoms with Gasteiger partial charge < -0.3 is 9.64 Å². The zero-order valence-electron chi connectivity index (χ0n) is 17.3. The van der Waals surface area contributed by atoms with Crippen molar-refractivity contribution in [2.75, 3.05) is 13.1 Å². The second-order valence-electron chi connectivity index (χ2n) is 8.22. The number of carbonyl (C=O) groups excluding carboxylic acids is 1. The fourth-order valence-electron chi connectivity index (χ4n) is 4.04. The molecule has 2 fully saturated rings. The SMILES string of the molecule is Cc1cc(C(=O)N2CCCC(c3cc(C(F)F)nc4ncnn34)C2)c(F)c(OC2CC2)n1. The molecule has 1 saturated carbocycles. The normalized spacial score (nSPS) is 19.0. The molecule has 0 bridgehead atoms. The van der Waals surface area contributed by atoms with Crippen molar-refractivity contribution in [1.29, 1.82) is 0 Å². The summed E-state index contributed by atoms with van der Waals surface area (Å²) in [5, 5.41) is 4.10. The van der Waals surface area contributed by atoms with Crippen LogP contribution in [0.15, 0.2) is 18.5 Å². The molecule has 168 valence electrons.